The Morgan fingerprint density at radius 1 is 1.19 bits per heavy atom. The van der Waals surface area contributed by atoms with Gasteiger partial charge in [-0.3, -0.25) is 4.72 Å². The molecule has 0 atom stereocenters. The SMILES string of the molecule is O=C(O)c1cc(Br)cc(NS(=O)(=O)c2cccc(Cl)c2)c1. The van der Waals surface area contributed by atoms with Crippen LogP contribution < -0.4 is 4.72 Å². The number of anilines is 1. The van der Waals surface area contributed by atoms with Crippen LogP contribution in [0.3, 0.4) is 0 Å². The number of hydrogen-bond donors (Lipinski definition) is 2. The van der Waals surface area contributed by atoms with Crippen LogP contribution in [-0.2, 0) is 10.0 Å². The second kappa shape index (κ2) is 6.05. The number of hydrogen-bond acceptors (Lipinski definition) is 3. The highest BCUT2D eigenvalue weighted by Crippen LogP contribution is 2.23. The zero-order valence-corrected chi connectivity index (χ0v) is 13.5. The van der Waals surface area contributed by atoms with E-state index in [1.165, 1.54) is 36.4 Å². The van der Waals surface area contributed by atoms with Crippen LogP contribution in [0, 0.1) is 0 Å². The predicted molar refractivity (Wildman–Crippen MR) is 83.4 cm³/mol. The summed E-state index contributed by atoms with van der Waals surface area (Å²) in [7, 11) is -3.84. The normalized spacial score (nSPS) is 11.1. The average molecular weight is 391 g/mol. The molecule has 0 aliphatic rings. The molecule has 0 bridgehead atoms. The van der Waals surface area contributed by atoms with Crippen molar-refractivity contribution in [2.45, 2.75) is 4.90 Å². The highest BCUT2D eigenvalue weighted by Gasteiger charge is 2.16. The van der Waals surface area contributed by atoms with E-state index in [1.807, 2.05) is 0 Å². The molecule has 110 valence electrons. The molecule has 0 radical (unpaired) electrons. The number of carboxylic acid groups (broad SMARTS) is 1. The van der Waals surface area contributed by atoms with Crippen molar-refractivity contribution in [1.29, 1.82) is 0 Å². The summed E-state index contributed by atoms with van der Waals surface area (Å²) in [5.41, 5.74) is 0.106. The Labute approximate surface area is 134 Å². The first-order valence-electron chi connectivity index (χ1n) is 5.60. The van der Waals surface area contributed by atoms with Gasteiger partial charge in [0.15, 0.2) is 0 Å². The standard InChI is InChI=1S/C13H9BrClNO4S/c14-9-4-8(13(17)18)5-11(6-9)16-21(19,20)12-3-1-2-10(15)7-12/h1-7,16H,(H,17,18). The smallest absolute Gasteiger partial charge is 0.335 e. The molecule has 0 aliphatic heterocycles. The minimum atomic E-state index is -3.84. The highest BCUT2D eigenvalue weighted by atomic mass is 79.9. The third kappa shape index (κ3) is 3.96. The fourth-order valence-electron chi connectivity index (χ4n) is 1.62. The zero-order chi connectivity index (χ0) is 15.6. The van der Waals surface area contributed by atoms with Crippen molar-refractivity contribution in [2.75, 3.05) is 4.72 Å². The second-order valence-electron chi connectivity index (χ2n) is 4.10. The topological polar surface area (TPSA) is 83.5 Å². The van der Waals surface area contributed by atoms with E-state index in [0.29, 0.717) is 9.50 Å². The molecule has 0 aromatic heterocycles. The Morgan fingerprint density at radius 3 is 2.52 bits per heavy atom. The molecular weight excluding hydrogens is 382 g/mol. The van der Waals surface area contributed by atoms with E-state index >= 15 is 0 Å². The van der Waals surface area contributed by atoms with Crippen LogP contribution in [0.2, 0.25) is 5.02 Å². The maximum absolute atomic E-state index is 12.2. The van der Waals surface area contributed by atoms with Crippen LogP contribution in [0.15, 0.2) is 51.8 Å². The first kappa shape index (κ1) is 15.8. The van der Waals surface area contributed by atoms with Crippen LogP contribution in [0.4, 0.5) is 5.69 Å². The average Bonchev–Trinajstić information content (AvgIpc) is 2.37. The Bertz CT molecular complexity index is 808. The summed E-state index contributed by atoms with van der Waals surface area (Å²) >= 11 is 8.91. The lowest BCUT2D eigenvalue weighted by atomic mass is 10.2. The summed E-state index contributed by atoms with van der Waals surface area (Å²) < 4.78 is 27.2. The van der Waals surface area contributed by atoms with Crippen LogP contribution in [0.1, 0.15) is 10.4 Å². The highest BCUT2D eigenvalue weighted by molar-refractivity contribution is 9.10. The molecule has 8 heteroatoms. The molecular formula is C13H9BrClNO4S. The Kier molecular flexibility index (Phi) is 4.55. The first-order valence-corrected chi connectivity index (χ1v) is 8.25. The van der Waals surface area contributed by atoms with Crippen LogP contribution in [0.25, 0.3) is 0 Å². The number of carbonyl (C=O) groups is 1. The molecule has 0 fully saturated rings. The summed E-state index contributed by atoms with van der Waals surface area (Å²) in [6, 6.07) is 9.84. The molecule has 2 aromatic carbocycles. The molecule has 2 rings (SSSR count). The van der Waals surface area contributed by atoms with Gasteiger partial charge in [-0.05, 0) is 36.4 Å². The van der Waals surface area contributed by atoms with Gasteiger partial charge in [0.05, 0.1) is 16.1 Å². The largest absolute Gasteiger partial charge is 0.478 e. The zero-order valence-electron chi connectivity index (χ0n) is 10.4. The van der Waals surface area contributed by atoms with Crippen LogP contribution in [0.5, 0.6) is 0 Å². The van der Waals surface area contributed by atoms with Gasteiger partial charge in [0.2, 0.25) is 0 Å². The molecule has 0 saturated carbocycles. The molecule has 2 aromatic rings. The fourth-order valence-corrected chi connectivity index (χ4v) is 3.45. The maximum Gasteiger partial charge on any atom is 0.335 e. The van der Waals surface area contributed by atoms with Gasteiger partial charge in [0.25, 0.3) is 10.0 Å². The maximum atomic E-state index is 12.2. The number of rotatable bonds is 4. The quantitative estimate of drug-likeness (QED) is 0.835. The Morgan fingerprint density at radius 2 is 1.90 bits per heavy atom. The third-order valence-electron chi connectivity index (χ3n) is 2.50. The monoisotopic (exact) mass is 389 g/mol. The summed E-state index contributed by atoms with van der Waals surface area (Å²) in [5, 5.41) is 9.26. The number of carboxylic acids is 1. The summed E-state index contributed by atoms with van der Waals surface area (Å²) in [5.74, 6) is -1.15. The van der Waals surface area contributed by atoms with Gasteiger partial charge in [-0.15, -0.1) is 0 Å². The van der Waals surface area contributed by atoms with Crippen LogP contribution in [-0.4, -0.2) is 19.5 Å². The van der Waals surface area contributed by atoms with Gasteiger partial charge in [0, 0.05) is 9.50 Å². The van der Waals surface area contributed by atoms with E-state index in [4.69, 9.17) is 16.7 Å². The minimum Gasteiger partial charge on any atom is -0.478 e. The van der Waals surface area contributed by atoms with Crippen molar-refractivity contribution in [3.8, 4) is 0 Å². The molecule has 21 heavy (non-hydrogen) atoms. The van der Waals surface area contributed by atoms with Gasteiger partial charge in [-0.25, -0.2) is 13.2 Å². The number of halogens is 2. The van der Waals surface area contributed by atoms with Gasteiger partial charge in [-0.1, -0.05) is 33.6 Å². The number of nitrogens with one attached hydrogen (secondary N) is 1. The lowest BCUT2D eigenvalue weighted by Gasteiger charge is -2.09. The van der Waals surface area contributed by atoms with E-state index in [9.17, 15) is 13.2 Å². The lowest BCUT2D eigenvalue weighted by Crippen LogP contribution is -2.13. The van der Waals surface area contributed by atoms with Crippen molar-refractivity contribution in [1.82, 2.24) is 0 Å². The van der Waals surface area contributed by atoms with Crippen molar-refractivity contribution in [3.05, 3.63) is 57.5 Å². The third-order valence-corrected chi connectivity index (χ3v) is 4.58. The van der Waals surface area contributed by atoms with E-state index in [-0.39, 0.29) is 16.1 Å². The van der Waals surface area contributed by atoms with E-state index in [2.05, 4.69) is 20.7 Å². The first-order chi connectivity index (χ1) is 9.78. The van der Waals surface area contributed by atoms with E-state index in [1.54, 1.807) is 6.07 Å². The fraction of sp³-hybridized carbons (Fsp3) is 0. The van der Waals surface area contributed by atoms with Crippen molar-refractivity contribution in [2.24, 2.45) is 0 Å². The van der Waals surface area contributed by atoms with Crippen LogP contribution >= 0.6 is 27.5 Å². The molecule has 0 amide bonds. The second-order valence-corrected chi connectivity index (χ2v) is 7.13. The molecule has 0 unspecified atom stereocenters. The van der Waals surface area contributed by atoms with Crippen molar-refractivity contribution < 1.29 is 18.3 Å². The van der Waals surface area contributed by atoms with Gasteiger partial charge in [-0.2, -0.15) is 0 Å². The van der Waals surface area contributed by atoms with E-state index < -0.39 is 16.0 Å². The summed E-state index contributed by atoms with van der Waals surface area (Å²) in [6.07, 6.45) is 0. The molecule has 0 heterocycles. The van der Waals surface area contributed by atoms with Crippen molar-refractivity contribution >= 4 is 49.2 Å². The predicted octanol–water partition coefficient (Wildman–Crippen LogP) is 3.60. The van der Waals surface area contributed by atoms with Gasteiger partial charge in [0.1, 0.15) is 0 Å². The minimum absolute atomic E-state index is 0.00755. The Hall–Kier alpha value is -1.57. The Balaban J connectivity index is 2.39. The number of aromatic carboxylic acids is 1. The molecule has 2 N–H and O–H groups in total. The number of sulfonamides is 1. The molecule has 0 spiro atoms. The van der Waals surface area contributed by atoms with Gasteiger partial charge >= 0.3 is 5.97 Å². The molecule has 0 saturated heterocycles. The number of benzene rings is 2. The summed E-state index contributed by atoms with van der Waals surface area (Å²) in [6.45, 7) is 0. The lowest BCUT2D eigenvalue weighted by molar-refractivity contribution is 0.0697. The van der Waals surface area contributed by atoms with E-state index in [0.717, 1.165) is 0 Å². The molecule has 0 aliphatic carbocycles. The molecule has 5 nitrogen and oxygen atoms in total. The summed E-state index contributed by atoms with van der Waals surface area (Å²) in [4.78, 5) is 11.0. The van der Waals surface area contributed by atoms with Gasteiger partial charge < -0.3 is 5.11 Å². The van der Waals surface area contributed by atoms with Crippen molar-refractivity contribution in [3.63, 3.8) is 0 Å².